The number of rotatable bonds is 1. The summed E-state index contributed by atoms with van der Waals surface area (Å²) in [5.74, 6) is 0.454. The molecule has 0 aromatic carbocycles. The predicted molar refractivity (Wildman–Crippen MR) is 38.2 cm³/mol. The van der Waals surface area contributed by atoms with E-state index in [1.807, 2.05) is 13.0 Å². The van der Waals surface area contributed by atoms with Crippen LogP contribution in [-0.4, -0.2) is 11.2 Å². The van der Waals surface area contributed by atoms with E-state index in [0.29, 0.717) is 5.92 Å². The topological polar surface area (TPSA) is 20.2 Å². The second kappa shape index (κ2) is 3.02. The molecule has 52 valence electrons. The van der Waals surface area contributed by atoms with Crippen LogP contribution in [0.2, 0.25) is 0 Å². The average molecular weight is 126 g/mol. The molecule has 2 unspecified atom stereocenters. The Kier molecular flexibility index (Phi) is 2.29. The zero-order valence-electron chi connectivity index (χ0n) is 5.88. The Labute approximate surface area is 56.4 Å². The minimum atomic E-state index is -0.0544. The van der Waals surface area contributed by atoms with E-state index in [9.17, 15) is 5.11 Å². The third-order valence-electron chi connectivity index (χ3n) is 1.97. The molecule has 0 aromatic rings. The standard InChI is InChI=1S/C8H14O/c1-2-4-7-5-3-6-8(7)9/h2,4,7-9H,3,5-6H2,1H3/b4-2-. The monoisotopic (exact) mass is 126 g/mol. The summed E-state index contributed by atoms with van der Waals surface area (Å²) in [4.78, 5) is 0. The second-order valence-corrected chi connectivity index (χ2v) is 2.69. The van der Waals surface area contributed by atoms with Crippen molar-refractivity contribution in [3.63, 3.8) is 0 Å². The van der Waals surface area contributed by atoms with Crippen molar-refractivity contribution in [3.8, 4) is 0 Å². The van der Waals surface area contributed by atoms with Crippen LogP contribution in [0.4, 0.5) is 0 Å². The maximum absolute atomic E-state index is 9.27. The first-order chi connectivity index (χ1) is 4.34. The fourth-order valence-electron chi connectivity index (χ4n) is 1.44. The molecule has 0 amide bonds. The molecule has 0 radical (unpaired) electrons. The highest BCUT2D eigenvalue weighted by molar-refractivity contribution is 4.93. The molecule has 1 rings (SSSR count). The van der Waals surface area contributed by atoms with E-state index in [1.165, 1.54) is 12.8 Å². The molecule has 1 N–H and O–H groups in total. The SMILES string of the molecule is C/C=C\C1CCCC1O. The summed E-state index contributed by atoms with van der Waals surface area (Å²) in [6.07, 6.45) is 7.44. The number of aliphatic hydroxyl groups is 1. The molecular weight excluding hydrogens is 112 g/mol. The molecule has 0 aliphatic heterocycles. The van der Waals surface area contributed by atoms with Gasteiger partial charge in [-0.25, -0.2) is 0 Å². The Bertz CT molecular complexity index is 107. The third kappa shape index (κ3) is 1.55. The number of aliphatic hydroxyl groups excluding tert-OH is 1. The Morgan fingerprint density at radius 2 is 2.22 bits per heavy atom. The molecule has 0 spiro atoms. The summed E-state index contributed by atoms with van der Waals surface area (Å²) in [7, 11) is 0. The summed E-state index contributed by atoms with van der Waals surface area (Å²) in [5, 5.41) is 9.27. The quantitative estimate of drug-likeness (QED) is 0.530. The van der Waals surface area contributed by atoms with Gasteiger partial charge in [-0.15, -0.1) is 0 Å². The van der Waals surface area contributed by atoms with Crippen LogP contribution in [0.1, 0.15) is 26.2 Å². The summed E-state index contributed by atoms with van der Waals surface area (Å²) in [6.45, 7) is 2.00. The van der Waals surface area contributed by atoms with Crippen molar-refractivity contribution in [2.75, 3.05) is 0 Å². The molecule has 0 heterocycles. The van der Waals surface area contributed by atoms with Crippen molar-refractivity contribution in [1.82, 2.24) is 0 Å². The molecule has 1 saturated carbocycles. The van der Waals surface area contributed by atoms with Crippen LogP contribution in [0.25, 0.3) is 0 Å². The van der Waals surface area contributed by atoms with Gasteiger partial charge in [0, 0.05) is 5.92 Å². The second-order valence-electron chi connectivity index (χ2n) is 2.69. The maximum Gasteiger partial charge on any atom is 0.0602 e. The Hall–Kier alpha value is -0.300. The fraction of sp³-hybridized carbons (Fsp3) is 0.750. The minimum Gasteiger partial charge on any atom is -0.393 e. The van der Waals surface area contributed by atoms with Crippen LogP contribution in [-0.2, 0) is 0 Å². The largest absolute Gasteiger partial charge is 0.393 e. The first-order valence-electron chi connectivity index (χ1n) is 3.65. The highest BCUT2D eigenvalue weighted by Gasteiger charge is 2.21. The average Bonchev–Trinajstić information content (AvgIpc) is 2.18. The van der Waals surface area contributed by atoms with Crippen molar-refractivity contribution >= 4 is 0 Å². The molecule has 1 aliphatic rings. The van der Waals surface area contributed by atoms with Crippen LogP contribution in [0.5, 0.6) is 0 Å². The smallest absolute Gasteiger partial charge is 0.0602 e. The number of allylic oxidation sites excluding steroid dienone is 1. The van der Waals surface area contributed by atoms with Crippen molar-refractivity contribution in [1.29, 1.82) is 0 Å². The number of hydrogen-bond donors (Lipinski definition) is 1. The molecule has 0 aromatic heterocycles. The van der Waals surface area contributed by atoms with Crippen LogP contribution >= 0.6 is 0 Å². The van der Waals surface area contributed by atoms with Gasteiger partial charge in [-0.05, 0) is 19.8 Å². The number of hydrogen-bond acceptors (Lipinski definition) is 1. The fourth-order valence-corrected chi connectivity index (χ4v) is 1.44. The maximum atomic E-state index is 9.27. The lowest BCUT2D eigenvalue weighted by molar-refractivity contribution is 0.153. The lowest BCUT2D eigenvalue weighted by Gasteiger charge is -2.06. The minimum absolute atomic E-state index is 0.0544. The lowest BCUT2D eigenvalue weighted by Crippen LogP contribution is -2.09. The van der Waals surface area contributed by atoms with Crippen molar-refractivity contribution in [2.45, 2.75) is 32.3 Å². The molecule has 0 saturated heterocycles. The van der Waals surface area contributed by atoms with E-state index in [-0.39, 0.29) is 6.10 Å². The molecule has 1 nitrogen and oxygen atoms in total. The normalized spacial score (nSPS) is 36.2. The third-order valence-corrected chi connectivity index (χ3v) is 1.97. The Balaban J connectivity index is 2.39. The molecule has 1 fully saturated rings. The van der Waals surface area contributed by atoms with Gasteiger partial charge in [0.1, 0.15) is 0 Å². The lowest BCUT2D eigenvalue weighted by atomic mass is 10.1. The molecule has 2 atom stereocenters. The summed E-state index contributed by atoms with van der Waals surface area (Å²) in [6, 6.07) is 0. The first kappa shape index (κ1) is 6.81. The van der Waals surface area contributed by atoms with Gasteiger partial charge in [0.25, 0.3) is 0 Å². The zero-order chi connectivity index (χ0) is 6.69. The van der Waals surface area contributed by atoms with E-state index < -0.39 is 0 Å². The van der Waals surface area contributed by atoms with E-state index >= 15 is 0 Å². The van der Waals surface area contributed by atoms with Gasteiger partial charge in [-0.3, -0.25) is 0 Å². The van der Waals surface area contributed by atoms with Crippen molar-refractivity contribution in [2.24, 2.45) is 5.92 Å². The first-order valence-corrected chi connectivity index (χ1v) is 3.65. The van der Waals surface area contributed by atoms with E-state index in [2.05, 4.69) is 6.08 Å². The summed E-state index contributed by atoms with van der Waals surface area (Å²) < 4.78 is 0. The van der Waals surface area contributed by atoms with Gasteiger partial charge in [-0.2, -0.15) is 0 Å². The molecule has 1 heteroatoms. The molecule has 9 heavy (non-hydrogen) atoms. The van der Waals surface area contributed by atoms with Gasteiger partial charge in [-0.1, -0.05) is 18.6 Å². The van der Waals surface area contributed by atoms with E-state index in [4.69, 9.17) is 0 Å². The Morgan fingerprint density at radius 1 is 1.44 bits per heavy atom. The van der Waals surface area contributed by atoms with Gasteiger partial charge in [0.05, 0.1) is 6.10 Å². The zero-order valence-corrected chi connectivity index (χ0v) is 5.88. The van der Waals surface area contributed by atoms with Gasteiger partial charge < -0.3 is 5.11 Å². The predicted octanol–water partition coefficient (Wildman–Crippen LogP) is 1.72. The van der Waals surface area contributed by atoms with Crippen LogP contribution < -0.4 is 0 Å². The summed E-state index contributed by atoms with van der Waals surface area (Å²) >= 11 is 0. The highest BCUT2D eigenvalue weighted by Crippen LogP contribution is 2.26. The van der Waals surface area contributed by atoms with Gasteiger partial charge >= 0.3 is 0 Å². The van der Waals surface area contributed by atoms with Crippen molar-refractivity contribution in [3.05, 3.63) is 12.2 Å². The molecular formula is C8H14O. The van der Waals surface area contributed by atoms with Gasteiger partial charge in [0.15, 0.2) is 0 Å². The van der Waals surface area contributed by atoms with E-state index in [0.717, 1.165) is 6.42 Å². The van der Waals surface area contributed by atoms with Crippen LogP contribution in [0, 0.1) is 5.92 Å². The highest BCUT2D eigenvalue weighted by atomic mass is 16.3. The molecule has 1 aliphatic carbocycles. The summed E-state index contributed by atoms with van der Waals surface area (Å²) in [5.41, 5.74) is 0. The van der Waals surface area contributed by atoms with E-state index in [1.54, 1.807) is 0 Å². The molecule has 0 bridgehead atoms. The van der Waals surface area contributed by atoms with Crippen molar-refractivity contribution < 1.29 is 5.11 Å². The van der Waals surface area contributed by atoms with Crippen LogP contribution in [0.15, 0.2) is 12.2 Å². The van der Waals surface area contributed by atoms with Crippen LogP contribution in [0.3, 0.4) is 0 Å². The van der Waals surface area contributed by atoms with Gasteiger partial charge in [0.2, 0.25) is 0 Å². The Morgan fingerprint density at radius 3 is 2.67 bits per heavy atom.